The van der Waals surface area contributed by atoms with E-state index in [1.54, 1.807) is 10.9 Å². The fourth-order valence-electron chi connectivity index (χ4n) is 3.33. The molecule has 0 radical (unpaired) electrons. The van der Waals surface area contributed by atoms with Gasteiger partial charge in [-0.25, -0.2) is 0 Å². The molecule has 7 nitrogen and oxygen atoms in total. The van der Waals surface area contributed by atoms with Crippen LogP contribution in [0, 0.1) is 0 Å². The maximum atomic E-state index is 12.9. The number of hydrogen-bond acceptors (Lipinski definition) is 4. The van der Waals surface area contributed by atoms with Crippen molar-refractivity contribution in [3.63, 3.8) is 0 Å². The van der Waals surface area contributed by atoms with E-state index in [4.69, 9.17) is 0 Å². The monoisotopic (exact) mass is 331 g/mol. The van der Waals surface area contributed by atoms with Crippen LogP contribution in [-0.2, 0) is 7.05 Å². The molecule has 0 spiro atoms. The maximum absolute atomic E-state index is 12.9. The lowest BCUT2D eigenvalue weighted by Gasteiger charge is -2.38. The zero-order chi connectivity index (χ0) is 17.1. The van der Waals surface area contributed by atoms with E-state index in [0.717, 1.165) is 25.3 Å². The number of carbonyl (C=O) groups excluding carboxylic acids is 1. The first kappa shape index (κ1) is 16.7. The Morgan fingerprint density at radius 2 is 1.92 bits per heavy atom. The van der Waals surface area contributed by atoms with Crippen molar-refractivity contribution in [1.29, 1.82) is 0 Å². The van der Waals surface area contributed by atoms with Crippen LogP contribution in [0.15, 0.2) is 30.7 Å². The van der Waals surface area contributed by atoms with E-state index < -0.39 is 0 Å². The molecule has 130 valence electrons. The van der Waals surface area contributed by atoms with Crippen molar-refractivity contribution in [1.82, 2.24) is 24.1 Å². The Hall–Kier alpha value is -2.12. The summed E-state index contributed by atoms with van der Waals surface area (Å²) < 4.78 is 3.64. The third kappa shape index (κ3) is 3.09. The summed E-state index contributed by atoms with van der Waals surface area (Å²) in [6.45, 7) is 5.20. The molecule has 3 rings (SSSR count). The fourth-order valence-corrected chi connectivity index (χ4v) is 3.33. The smallest absolute Gasteiger partial charge is 0.259 e. The average Bonchev–Trinajstić information content (AvgIpc) is 3.25. The van der Waals surface area contributed by atoms with E-state index in [1.807, 2.05) is 41.0 Å². The molecule has 7 heteroatoms. The van der Waals surface area contributed by atoms with Crippen LogP contribution in [-0.4, -0.2) is 74.0 Å². The van der Waals surface area contributed by atoms with Gasteiger partial charge in [-0.2, -0.15) is 5.10 Å². The maximum Gasteiger partial charge on any atom is 0.259 e. The number of piperazine rings is 1. The molecular formula is C17H25N5O2. The van der Waals surface area contributed by atoms with Gasteiger partial charge in [-0.3, -0.25) is 14.4 Å². The normalized spacial score (nSPS) is 17.2. The number of hydrogen-bond donors (Lipinski definition) is 1. The molecule has 0 saturated carbocycles. The van der Waals surface area contributed by atoms with Crippen LogP contribution in [0.5, 0.6) is 0 Å². The van der Waals surface area contributed by atoms with Gasteiger partial charge in [0.05, 0.1) is 12.8 Å². The lowest BCUT2D eigenvalue weighted by molar-refractivity contribution is 0.0472. The summed E-state index contributed by atoms with van der Waals surface area (Å²) in [6, 6.07) is 4.05. The highest BCUT2D eigenvalue weighted by molar-refractivity contribution is 5.97. The Bertz CT molecular complexity index is 667. The first-order valence-corrected chi connectivity index (χ1v) is 8.45. The summed E-state index contributed by atoms with van der Waals surface area (Å²) in [4.78, 5) is 17.1. The molecule has 1 fully saturated rings. The van der Waals surface area contributed by atoms with Crippen molar-refractivity contribution in [3.8, 4) is 5.82 Å². The standard InChI is InChI=1S/C17H25N5O2/c1-3-14(13-23)20-8-10-22(11-9-20)17(24)15-12-18-19(2)16(15)21-6-4-5-7-21/h4-7,12,14,23H,3,8-11,13H2,1-2H3. The third-order valence-electron chi connectivity index (χ3n) is 4.79. The van der Waals surface area contributed by atoms with Gasteiger partial charge in [0.1, 0.15) is 11.4 Å². The number of aryl methyl sites for hydroxylation is 1. The van der Waals surface area contributed by atoms with Gasteiger partial charge in [-0.05, 0) is 18.6 Å². The molecule has 24 heavy (non-hydrogen) atoms. The van der Waals surface area contributed by atoms with E-state index in [9.17, 15) is 9.90 Å². The number of nitrogens with zero attached hydrogens (tertiary/aromatic N) is 5. The van der Waals surface area contributed by atoms with Crippen LogP contribution < -0.4 is 0 Å². The summed E-state index contributed by atoms with van der Waals surface area (Å²) in [5, 5.41) is 13.7. The Morgan fingerprint density at radius 3 is 2.50 bits per heavy atom. The molecule has 0 aromatic carbocycles. The topological polar surface area (TPSA) is 66.5 Å². The third-order valence-corrected chi connectivity index (χ3v) is 4.79. The number of aliphatic hydroxyl groups excluding tert-OH is 1. The highest BCUT2D eigenvalue weighted by Crippen LogP contribution is 2.18. The Balaban J connectivity index is 1.73. The fraction of sp³-hybridized carbons (Fsp3) is 0.529. The minimum absolute atomic E-state index is 0.0171. The van der Waals surface area contributed by atoms with Crippen LogP contribution in [0.25, 0.3) is 5.82 Å². The highest BCUT2D eigenvalue weighted by atomic mass is 16.3. The molecule has 1 saturated heterocycles. The second-order valence-corrected chi connectivity index (χ2v) is 6.17. The van der Waals surface area contributed by atoms with Crippen molar-refractivity contribution in [2.75, 3.05) is 32.8 Å². The second kappa shape index (κ2) is 7.19. The molecule has 2 aromatic rings. The van der Waals surface area contributed by atoms with Crippen molar-refractivity contribution in [2.45, 2.75) is 19.4 Å². The summed E-state index contributed by atoms with van der Waals surface area (Å²) in [5.74, 6) is 0.803. The summed E-state index contributed by atoms with van der Waals surface area (Å²) in [7, 11) is 1.84. The number of aromatic nitrogens is 3. The van der Waals surface area contributed by atoms with E-state index >= 15 is 0 Å². The second-order valence-electron chi connectivity index (χ2n) is 6.17. The van der Waals surface area contributed by atoms with Gasteiger partial charge in [0.25, 0.3) is 5.91 Å². The van der Waals surface area contributed by atoms with E-state index in [2.05, 4.69) is 16.9 Å². The minimum Gasteiger partial charge on any atom is -0.395 e. The van der Waals surface area contributed by atoms with Crippen LogP contribution in [0.1, 0.15) is 23.7 Å². The lowest BCUT2D eigenvalue weighted by atomic mass is 10.1. The van der Waals surface area contributed by atoms with Gasteiger partial charge in [-0.1, -0.05) is 6.92 Å². The lowest BCUT2D eigenvalue weighted by Crippen LogP contribution is -2.52. The molecule has 1 aliphatic heterocycles. The van der Waals surface area contributed by atoms with Gasteiger partial charge in [0.2, 0.25) is 0 Å². The molecule has 3 heterocycles. The zero-order valence-corrected chi connectivity index (χ0v) is 14.3. The summed E-state index contributed by atoms with van der Waals surface area (Å²) >= 11 is 0. The average molecular weight is 331 g/mol. The van der Waals surface area contributed by atoms with Crippen molar-refractivity contribution in [2.24, 2.45) is 7.05 Å². The molecule has 0 bridgehead atoms. The SMILES string of the molecule is CCC(CO)N1CCN(C(=O)c2cnn(C)c2-n2cccc2)CC1. The van der Waals surface area contributed by atoms with Crippen LogP contribution in [0.4, 0.5) is 0 Å². The number of rotatable bonds is 5. The Labute approximate surface area is 142 Å². The van der Waals surface area contributed by atoms with Crippen LogP contribution in [0.3, 0.4) is 0 Å². The molecule has 1 N–H and O–H groups in total. The number of carbonyl (C=O) groups is 1. The van der Waals surface area contributed by atoms with Gasteiger partial charge in [0.15, 0.2) is 0 Å². The summed E-state index contributed by atoms with van der Waals surface area (Å²) in [5.41, 5.74) is 0.622. The Morgan fingerprint density at radius 1 is 1.25 bits per heavy atom. The first-order valence-electron chi connectivity index (χ1n) is 8.45. The summed E-state index contributed by atoms with van der Waals surface area (Å²) in [6.07, 6.45) is 6.40. The Kier molecular flexibility index (Phi) is 5.01. The molecular weight excluding hydrogens is 306 g/mol. The molecule has 0 aliphatic carbocycles. The number of amides is 1. The van der Waals surface area contributed by atoms with E-state index in [0.29, 0.717) is 18.7 Å². The molecule has 1 amide bonds. The van der Waals surface area contributed by atoms with Gasteiger partial charge < -0.3 is 14.6 Å². The molecule has 1 unspecified atom stereocenters. The van der Waals surface area contributed by atoms with Crippen LogP contribution >= 0.6 is 0 Å². The molecule has 1 aliphatic rings. The van der Waals surface area contributed by atoms with Crippen molar-refractivity contribution in [3.05, 3.63) is 36.3 Å². The van der Waals surface area contributed by atoms with Crippen molar-refractivity contribution >= 4 is 5.91 Å². The zero-order valence-electron chi connectivity index (χ0n) is 14.3. The van der Waals surface area contributed by atoms with E-state index in [-0.39, 0.29) is 18.6 Å². The minimum atomic E-state index is 0.0171. The largest absolute Gasteiger partial charge is 0.395 e. The van der Waals surface area contributed by atoms with Crippen LogP contribution in [0.2, 0.25) is 0 Å². The molecule has 1 atom stereocenters. The predicted molar refractivity (Wildman–Crippen MR) is 91.2 cm³/mol. The highest BCUT2D eigenvalue weighted by Gasteiger charge is 2.28. The first-order chi connectivity index (χ1) is 11.7. The van der Waals surface area contributed by atoms with Gasteiger partial charge in [0, 0.05) is 51.7 Å². The van der Waals surface area contributed by atoms with Crippen molar-refractivity contribution < 1.29 is 9.90 Å². The number of aliphatic hydroxyl groups is 1. The van der Waals surface area contributed by atoms with Gasteiger partial charge in [-0.15, -0.1) is 0 Å². The predicted octanol–water partition coefficient (Wildman–Crippen LogP) is 0.739. The quantitative estimate of drug-likeness (QED) is 0.878. The van der Waals surface area contributed by atoms with E-state index in [1.165, 1.54) is 0 Å². The molecule has 2 aromatic heterocycles. The van der Waals surface area contributed by atoms with Gasteiger partial charge >= 0.3 is 0 Å².